The SMILES string of the molecule is COc1ccc(CCC(=O)N(C)CCC(N)C(C)C)cc1F.Cl. The molecule has 2 N–H and O–H groups in total. The second kappa shape index (κ2) is 10.4. The summed E-state index contributed by atoms with van der Waals surface area (Å²) in [5, 5.41) is 0. The number of rotatable bonds is 8. The van der Waals surface area contributed by atoms with Crippen molar-refractivity contribution >= 4 is 18.3 Å². The number of carbonyl (C=O) groups excluding carboxylic acids is 1. The fraction of sp³-hybridized carbons (Fsp3) is 0.588. The minimum atomic E-state index is -0.399. The number of nitrogens with zero attached hydrogens (tertiary/aromatic N) is 1. The topological polar surface area (TPSA) is 55.6 Å². The van der Waals surface area contributed by atoms with Crippen LogP contribution in [-0.4, -0.2) is 37.6 Å². The quantitative estimate of drug-likeness (QED) is 0.787. The first-order chi connectivity index (χ1) is 10.3. The number of aryl methyl sites for hydroxylation is 1. The number of halogens is 2. The normalized spacial score (nSPS) is 11.8. The molecule has 1 aromatic carbocycles. The standard InChI is InChI=1S/C17H27FN2O2.ClH/c1-12(2)15(19)9-10-20(3)17(21)8-6-13-5-7-16(22-4)14(18)11-13;/h5,7,11-12,15H,6,8-10,19H2,1-4H3;1H. The Labute approximate surface area is 144 Å². The van der Waals surface area contributed by atoms with Gasteiger partial charge < -0.3 is 15.4 Å². The fourth-order valence-corrected chi connectivity index (χ4v) is 2.11. The Bertz CT molecular complexity index is 497. The molecule has 1 amide bonds. The van der Waals surface area contributed by atoms with Crippen LogP contribution in [0.5, 0.6) is 5.75 Å². The van der Waals surface area contributed by atoms with E-state index in [4.69, 9.17) is 10.5 Å². The average Bonchev–Trinajstić information content (AvgIpc) is 2.49. The Balaban J connectivity index is 0.00000484. The lowest BCUT2D eigenvalue weighted by Crippen LogP contribution is -2.34. The first kappa shape index (κ1) is 21.7. The van der Waals surface area contributed by atoms with Gasteiger partial charge in [-0.2, -0.15) is 0 Å². The second-order valence-electron chi connectivity index (χ2n) is 5.98. The summed E-state index contributed by atoms with van der Waals surface area (Å²) < 4.78 is 18.5. The van der Waals surface area contributed by atoms with Crippen molar-refractivity contribution in [1.29, 1.82) is 0 Å². The van der Waals surface area contributed by atoms with Crippen molar-refractivity contribution < 1.29 is 13.9 Å². The van der Waals surface area contributed by atoms with Crippen molar-refractivity contribution in [3.05, 3.63) is 29.6 Å². The summed E-state index contributed by atoms with van der Waals surface area (Å²) in [5.74, 6) is 0.275. The van der Waals surface area contributed by atoms with Gasteiger partial charge in [0.25, 0.3) is 0 Å². The van der Waals surface area contributed by atoms with E-state index in [-0.39, 0.29) is 30.1 Å². The zero-order valence-corrected chi connectivity index (χ0v) is 15.2. The van der Waals surface area contributed by atoms with Crippen LogP contribution < -0.4 is 10.5 Å². The van der Waals surface area contributed by atoms with Gasteiger partial charge in [0, 0.05) is 26.1 Å². The van der Waals surface area contributed by atoms with Crippen molar-refractivity contribution in [2.45, 2.75) is 39.2 Å². The molecule has 1 atom stereocenters. The summed E-state index contributed by atoms with van der Waals surface area (Å²) in [6, 6.07) is 4.89. The van der Waals surface area contributed by atoms with Crippen LogP contribution in [-0.2, 0) is 11.2 Å². The van der Waals surface area contributed by atoms with E-state index in [2.05, 4.69) is 13.8 Å². The molecule has 0 fully saturated rings. The zero-order valence-electron chi connectivity index (χ0n) is 14.3. The van der Waals surface area contributed by atoms with E-state index in [1.165, 1.54) is 13.2 Å². The van der Waals surface area contributed by atoms with E-state index < -0.39 is 5.82 Å². The maximum absolute atomic E-state index is 13.6. The molecule has 0 aromatic heterocycles. The summed E-state index contributed by atoms with van der Waals surface area (Å²) in [5.41, 5.74) is 6.77. The van der Waals surface area contributed by atoms with Crippen LogP contribution in [0.3, 0.4) is 0 Å². The van der Waals surface area contributed by atoms with Crippen LogP contribution in [0.25, 0.3) is 0 Å². The molecule has 0 aliphatic carbocycles. The number of ether oxygens (including phenoxy) is 1. The van der Waals surface area contributed by atoms with E-state index in [0.717, 1.165) is 12.0 Å². The van der Waals surface area contributed by atoms with E-state index in [1.54, 1.807) is 24.1 Å². The average molecular weight is 347 g/mol. The highest BCUT2D eigenvalue weighted by Crippen LogP contribution is 2.18. The molecule has 0 aliphatic rings. The number of amides is 1. The first-order valence-electron chi connectivity index (χ1n) is 7.67. The fourth-order valence-electron chi connectivity index (χ4n) is 2.11. The van der Waals surface area contributed by atoms with E-state index in [0.29, 0.717) is 25.3 Å². The van der Waals surface area contributed by atoms with Gasteiger partial charge in [0.1, 0.15) is 0 Å². The van der Waals surface area contributed by atoms with Gasteiger partial charge in [-0.15, -0.1) is 12.4 Å². The molecule has 4 nitrogen and oxygen atoms in total. The molecule has 0 saturated carbocycles. The summed E-state index contributed by atoms with van der Waals surface area (Å²) >= 11 is 0. The Hall–Kier alpha value is -1.33. The smallest absolute Gasteiger partial charge is 0.222 e. The molecule has 6 heteroatoms. The molecule has 132 valence electrons. The highest BCUT2D eigenvalue weighted by atomic mass is 35.5. The van der Waals surface area contributed by atoms with Gasteiger partial charge in [-0.1, -0.05) is 19.9 Å². The number of carbonyl (C=O) groups is 1. The number of nitrogens with two attached hydrogens (primary N) is 1. The Kier molecular flexibility index (Phi) is 9.84. The van der Waals surface area contributed by atoms with Crippen LogP contribution >= 0.6 is 12.4 Å². The monoisotopic (exact) mass is 346 g/mol. The third kappa shape index (κ3) is 7.18. The lowest BCUT2D eigenvalue weighted by Gasteiger charge is -2.21. The maximum Gasteiger partial charge on any atom is 0.222 e. The van der Waals surface area contributed by atoms with Gasteiger partial charge in [0.05, 0.1) is 7.11 Å². The van der Waals surface area contributed by atoms with Gasteiger partial charge in [-0.25, -0.2) is 4.39 Å². The van der Waals surface area contributed by atoms with Gasteiger partial charge in [0.15, 0.2) is 11.6 Å². The van der Waals surface area contributed by atoms with Crippen molar-refractivity contribution in [2.75, 3.05) is 20.7 Å². The predicted molar refractivity (Wildman–Crippen MR) is 93.6 cm³/mol. The van der Waals surface area contributed by atoms with E-state index in [9.17, 15) is 9.18 Å². The zero-order chi connectivity index (χ0) is 16.7. The summed E-state index contributed by atoms with van der Waals surface area (Å²) in [6.45, 7) is 4.80. The number of hydrogen-bond donors (Lipinski definition) is 1. The third-order valence-corrected chi connectivity index (χ3v) is 3.92. The lowest BCUT2D eigenvalue weighted by atomic mass is 10.0. The molecule has 23 heavy (non-hydrogen) atoms. The van der Waals surface area contributed by atoms with Crippen molar-refractivity contribution in [3.8, 4) is 5.75 Å². The summed E-state index contributed by atoms with van der Waals surface area (Å²) in [6.07, 6.45) is 1.66. The molecule has 1 rings (SSSR count). The third-order valence-electron chi connectivity index (χ3n) is 3.92. The van der Waals surface area contributed by atoms with Crippen LogP contribution in [0.2, 0.25) is 0 Å². The Morgan fingerprint density at radius 1 is 1.39 bits per heavy atom. The first-order valence-corrected chi connectivity index (χ1v) is 7.67. The van der Waals surface area contributed by atoms with Crippen LogP contribution in [0.1, 0.15) is 32.3 Å². The Morgan fingerprint density at radius 2 is 2.04 bits per heavy atom. The molecular formula is C17H28ClFN2O2. The minimum Gasteiger partial charge on any atom is -0.494 e. The maximum atomic E-state index is 13.6. The van der Waals surface area contributed by atoms with Crippen molar-refractivity contribution in [1.82, 2.24) is 4.90 Å². The van der Waals surface area contributed by atoms with Crippen LogP contribution in [0, 0.1) is 11.7 Å². The molecule has 0 heterocycles. The van der Waals surface area contributed by atoms with Gasteiger partial charge in [0.2, 0.25) is 5.91 Å². The molecule has 0 aliphatic heterocycles. The molecule has 1 aromatic rings. The minimum absolute atomic E-state index is 0. The lowest BCUT2D eigenvalue weighted by molar-refractivity contribution is -0.129. The molecule has 0 spiro atoms. The predicted octanol–water partition coefficient (Wildman–Crippen LogP) is 3.02. The molecule has 0 radical (unpaired) electrons. The molecule has 0 saturated heterocycles. The second-order valence-corrected chi connectivity index (χ2v) is 5.98. The largest absolute Gasteiger partial charge is 0.494 e. The van der Waals surface area contributed by atoms with Crippen molar-refractivity contribution in [3.63, 3.8) is 0 Å². The molecular weight excluding hydrogens is 319 g/mol. The molecule has 0 bridgehead atoms. The number of methoxy groups -OCH3 is 1. The van der Waals surface area contributed by atoms with E-state index >= 15 is 0 Å². The summed E-state index contributed by atoms with van der Waals surface area (Å²) in [7, 11) is 3.21. The van der Waals surface area contributed by atoms with Gasteiger partial charge in [-0.3, -0.25) is 4.79 Å². The van der Waals surface area contributed by atoms with Crippen LogP contribution in [0.15, 0.2) is 18.2 Å². The molecule has 1 unspecified atom stereocenters. The van der Waals surface area contributed by atoms with E-state index in [1.807, 2.05) is 0 Å². The number of hydrogen-bond acceptors (Lipinski definition) is 3. The summed E-state index contributed by atoms with van der Waals surface area (Å²) in [4.78, 5) is 13.8. The Morgan fingerprint density at radius 3 is 2.57 bits per heavy atom. The number of benzene rings is 1. The van der Waals surface area contributed by atoms with Crippen molar-refractivity contribution in [2.24, 2.45) is 11.7 Å². The highest BCUT2D eigenvalue weighted by molar-refractivity contribution is 5.85. The van der Waals surface area contributed by atoms with Crippen LogP contribution in [0.4, 0.5) is 4.39 Å². The van der Waals surface area contributed by atoms with Gasteiger partial charge >= 0.3 is 0 Å². The highest BCUT2D eigenvalue weighted by Gasteiger charge is 2.13. The van der Waals surface area contributed by atoms with Gasteiger partial charge in [-0.05, 0) is 36.5 Å².